The number of ether oxygens (including phenoxy) is 2. The van der Waals surface area contributed by atoms with Crippen LogP contribution in [0.4, 0.5) is 5.69 Å². The smallest absolute Gasteiger partial charge is 0.264 e. The molecule has 300 valence electrons. The summed E-state index contributed by atoms with van der Waals surface area (Å²) in [5.41, 5.74) is 2.74. The molecule has 1 saturated carbocycles. The van der Waals surface area contributed by atoms with E-state index in [-0.39, 0.29) is 29.3 Å². The molecule has 4 aliphatic heterocycles. The second-order valence-electron chi connectivity index (χ2n) is 16.6. The van der Waals surface area contributed by atoms with Gasteiger partial charge in [0.25, 0.3) is 5.91 Å². The van der Waals surface area contributed by atoms with Crippen LogP contribution in [-0.2, 0) is 32.6 Å². The number of nitrogens with one attached hydrogen (secondary N) is 1. The van der Waals surface area contributed by atoms with Crippen molar-refractivity contribution >= 4 is 39.1 Å². The Morgan fingerprint density at radius 1 is 1.00 bits per heavy atom. The van der Waals surface area contributed by atoms with Crippen molar-refractivity contribution in [2.24, 2.45) is 17.8 Å². The van der Waals surface area contributed by atoms with Crippen LogP contribution < -0.4 is 14.4 Å². The lowest BCUT2D eigenvalue weighted by atomic mass is 9.63. The summed E-state index contributed by atoms with van der Waals surface area (Å²) in [5, 5.41) is -0.0981. The third-order valence-corrected chi connectivity index (χ3v) is 15.4. The molecule has 2 amide bonds. The molecular formula is C42H58ClN5O6S. The Balaban J connectivity index is 1.23. The third-order valence-electron chi connectivity index (χ3n) is 13.2. The van der Waals surface area contributed by atoms with Crippen LogP contribution in [-0.4, -0.2) is 118 Å². The highest BCUT2D eigenvalue weighted by Crippen LogP contribution is 2.47. The Kier molecular flexibility index (Phi) is 12.2. The van der Waals surface area contributed by atoms with Gasteiger partial charge in [-0.15, -0.1) is 0 Å². The number of halogens is 1. The minimum absolute atomic E-state index is 0.132. The molecule has 0 aromatic heterocycles. The summed E-state index contributed by atoms with van der Waals surface area (Å²) in [7, 11) is -2.16. The standard InChI is InChI=1S/C42H58ClN5O6S/c1-29-8-7-16-42(53-4,28-45-18-19-46-20-21-47(31(3)49)26-37(46)25-45)38-14-11-34(38)24-48-17-6-5-9-32-22-36(43)13-10-35(32)27-54-40-15-12-33(23-39(40)48)41(50)44-55(51,52)30(29)2/h7,10,12-13,15-16,22-23,29-30,34,37-38H,5-6,8-9,11,14,17-21,24-28H2,1-4H3,(H,44,50)/b16-7+/t29-,30+,34-,37?,38+,42-/m0/s1. The molecule has 1 aliphatic carbocycles. The van der Waals surface area contributed by atoms with Crippen LogP contribution in [0.1, 0.15) is 74.4 Å². The number of hydrogen-bond donors (Lipinski definition) is 1. The first-order chi connectivity index (χ1) is 26.4. The maximum absolute atomic E-state index is 13.7. The van der Waals surface area contributed by atoms with Gasteiger partial charge in [0.1, 0.15) is 18.0 Å². The highest BCUT2D eigenvalue weighted by molar-refractivity contribution is 7.90. The van der Waals surface area contributed by atoms with E-state index in [1.807, 2.05) is 49.3 Å². The maximum atomic E-state index is 13.7. The van der Waals surface area contributed by atoms with Crippen molar-refractivity contribution < 1.29 is 27.5 Å². The van der Waals surface area contributed by atoms with Crippen LogP contribution in [0, 0.1) is 17.8 Å². The number of carbonyl (C=O) groups excluding carboxylic acids is 2. The lowest BCUT2D eigenvalue weighted by Crippen LogP contribution is -2.65. The number of methoxy groups -OCH3 is 1. The van der Waals surface area contributed by atoms with Gasteiger partial charge in [0.15, 0.2) is 0 Å². The summed E-state index contributed by atoms with van der Waals surface area (Å²) in [5.74, 6) is 0.430. The van der Waals surface area contributed by atoms with Gasteiger partial charge in [0.05, 0.1) is 10.9 Å². The van der Waals surface area contributed by atoms with Crippen LogP contribution in [0.15, 0.2) is 48.6 Å². The minimum atomic E-state index is -3.98. The van der Waals surface area contributed by atoms with E-state index >= 15 is 0 Å². The molecule has 0 radical (unpaired) electrons. The Bertz CT molecular complexity index is 1880. The number of hydrogen-bond acceptors (Lipinski definition) is 9. The van der Waals surface area contributed by atoms with Gasteiger partial charge in [0, 0.05) is 89.6 Å². The minimum Gasteiger partial charge on any atom is -0.487 e. The highest BCUT2D eigenvalue weighted by Gasteiger charge is 2.49. The highest BCUT2D eigenvalue weighted by atomic mass is 35.5. The van der Waals surface area contributed by atoms with E-state index in [1.165, 1.54) is 5.56 Å². The number of carbonyl (C=O) groups is 2. The van der Waals surface area contributed by atoms with E-state index in [0.29, 0.717) is 36.3 Å². The monoisotopic (exact) mass is 795 g/mol. The fourth-order valence-corrected chi connectivity index (χ4v) is 10.9. The molecule has 1 unspecified atom stereocenters. The van der Waals surface area contributed by atoms with Crippen molar-refractivity contribution in [1.29, 1.82) is 0 Å². The summed E-state index contributed by atoms with van der Waals surface area (Å²) in [6, 6.07) is 11.5. The van der Waals surface area contributed by atoms with E-state index in [4.69, 9.17) is 21.1 Å². The summed E-state index contributed by atoms with van der Waals surface area (Å²) in [4.78, 5) is 35.3. The van der Waals surface area contributed by atoms with Crippen LogP contribution in [0.25, 0.3) is 0 Å². The first-order valence-electron chi connectivity index (χ1n) is 20.2. The average molecular weight is 796 g/mol. The Morgan fingerprint density at radius 3 is 2.58 bits per heavy atom. The molecule has 4 heterocycles. The molecule has 13 heteroatoms. The SMILES string of the molecule is CO[C@]1(CN2CCN3CCN(C(C)=O)CC3C2)/C=C/C[C@H](C)[C@@H](C)S(=O)(=O)NC(=O)c2ccc3c(c2)N(CCCCc2cc(Cl)ccc2CO3)C[C@@H]2CC[C@H]21. The summed E-state index contributed by atoms with van der Waals surface area (Å²) in [6.45, 7) is 13.0. The van der Waals surface area contributed by atoms with Gasteiger partial charge in [-0.05, 0) is 105 Å². The average Bonchev–Trinajstić information content (AvgIpc) is 3.18. The van der Waals surface area contributed by atoms with E-state index in [1.54, 1.807) is 19.9 Å². The molecule has 2 aromatic carbocycles. The summed E-state index contributed by atoms with van der Waals surface area (Å²) in [6.07, 6.45) is 9.69. The second kappa shape index (κ2) is 16.7. The lowest BCUT2D eigenvalue weighted by molar-refractivity contribution is -0.134. The first-order valence-corrected chi connectivity index (χ1v) is 22.1. The van der Waals surface area contributed by atoms with Crippen molar-refractivity contribution in [3.63, 3.8) is 0 Å². The van der Waals surface area contributed by atoms with Gasteiger partial charge in [-0.2, -0.15) is 0 Å². The second-order valence-corrected chi connectivity index (χ2v) is 19.1. The zero-order chi connectivity index (χ0) is 38.9. The number of aryl methyl sites for hydroxylation is 1. The molecule has 7 rings (SSSR count). The normalized spacial score (nSPS) is 31.3. The van der Waals surface area contributed by atoms with Gasteiger partial charge >= 0.3 is 0 Å². The topological polar surface area (TPSA) is 112 Å². The lowest BCUT2D eigenvalue weighted by Gasteiger charge is -2.53. The Labute approximate surface area is 332 Å². The van der Waals surface area contributed by atoms with Crippen LogP contribution >= 0.6 is 11.6 Å². The van der Waals surface area contributed by atoms with E-state index in [0.717, 1.165) is 95.7 Å². The Hall–Kier alpha value is -3.16. The number of nitrogens with zero attached hydrogens (tertiary/aromatic N) is 4. The van der Waals surface area contributed by atoms with Gasteiger partial charge < -0.3 is 19.3 Å². The van der Waals surface area contributed by atoms with Crippen molar-refractivity contribution in [2.45, 2.75) is 82.8 Å². The molecule has 1 N–H and O–H groups in total. The van der Waals surface area contributed by atoms with Crippen LogP contribution in [0.5, 0.6) is 5.75 Å². The number of allylic oxidation sites excluding steroid dienone is 1. The fraction of sp³-hybridized carbons (Fsp3) is 0.619. The van der Waals surface area contributed by atoms with E-state index in [2.05, 4.69) is 31.6 Å². The molecule has 55 heavy (non-hydrogen) atoms. The zero-order valence-corrected chi connectivity index (χ0v) is 34.4. The largest absolute Gasteiger partial charge is 0.487 e. The van der Waals surface area contributed by atoms with Crippen LogP contribution in [0.3, 0.4) is 0 Å². The molecule has 2 aromatic rings. The number of anilines is 1. The van der Waals surface area contributed by atoms with Crippen molar-refractivity contribution in [3.05, 3.63) is 70.3 Å². The molecule has 6 atom stereocenters. The first kappa shape index (κ1) is 40.1. The maximum Gasteiger partial charge on any atom is 0.264 e. The summed E-state index contributed by atoms with van der Waals surface area (Å²) >= 11 is 6.41. The number of fused-ring (bicyclic) bond motifs is 4. The predicted molar refractivity (Wildman–Crippen MR) is 216 cm³/mol. The van der Waals surface area contributed by atoms with Crippen molar-refractivity contribution in [3.8, 4) is 5.75 Å². The van der Waals surface area contributed by atoms with Crippen molar-refractivity contribution in [2.75, 3.05) is 70.9 Å². The third kappa shape index (κ3) is 8.73. The molecular weight excluding hydrogens is 738 g/mol. The van der Waals surface area contributed by atoms with Gasteiger partial charge in [-0.25, -0.2) is 13.1 Å². The number of sulfonamides is 1. The van der Waals surface area contributed by atoms with Gasteiger partial charge in [-0.1, -0.05) is 36.7 Å². The van der Waals surface area contributed by atoms with Crippen molar-refractivity contribution in [1.82, 2.24) is 19.4 Å². The molecule has 11 nitrogen and oxygen atoms in total. The van der Waals surface area contributed by atoms with Gasteiger partial charge in [-0.3, -0.25) is 19.4 Å². The zero-order valence-electron chi connectivity index (χ0n) is 32.8. The fourth-order valence-electron chi connectivity index (χ4n) is 9.43. The number of benzene rings is 2. The molecule has 5 aliphatic rings. The molecule has 2 bridgehead atoms. The molecule has 3 fully saturated rings. The van der Waals surface area contributed by atoms with Crippen LogP contribution in [0.2, 0.25) is 5.02 Å². The Morgan fingerprint density at radius 2 is 1.82 bits per heavy atom. The molecule has 2 saturated heterocycles. The quantitative estimate of drug-likeness (QED) is 0.411. The summed E-state index contributed by atoms with van der Waals surface area (Å²) < 4.78 is 42.9. The van der Waals surface area contributed by atoms with E-state index < -0.39 is 26.8 Å². The number of amides is 2. The number of piperazine rings is 2. The number of rotatable bonds is 3. The van der Waals surface area contributed by atoms with Gasteiger partial charge in [0.2, 0.25) is 15.9 Å². The van der Waals surface area contributed by atoms with E-state index in [9.17, 15) is 18.0 Å². The predicted octanol–water partition coefficient (Wildman–Crippen LogP) is 5.37. The molecule has 0 spiro atoms.